The molecule has 80 valence electrons. The third-order valence-corrected chi connectivity index (χ3v) is 3.16. The molecule has 1 rings (SSSR count). The van der Waals surface area contributed by atoms with Crippen molar-refractivity contribution in [2.24, 2.45) is 0 Å². The van der Waals surface area contributed by atoms with Gasteiger partial charge in [-0.25, -0.2) is 4.98 Å². The predicted molar refractivity (Wildman–Crippen MR) is 65.2 cm³/mol. The summed E-state index contributed by atoms with van der Waals surface area (Å²) < 4.78 is 0. The average Bonchev–Trinajstić information content (AvgIpc) is 2.28. The Kier molecular flexibility index (Phi) is 4.44. The Morgan fingerprint density at radius 2 is 2.40 bits per heavy atom. The molecule has 0 radical (unpaired) electrons. The molecular formula is C11H15N3S. The Morgan fingerprint density at radius 1 is 1.67 bits per heavy atom. The van der Waals surface area contributed by atoms with E-state index in [1.807, 2.05) is 19.2 Å². The first kappa shape index (κ1) is 11.9. The molecule has 0 aliphatic carbocycles. The molecule has 1 heterocycles. The van der Waals surface area contributed by atoms with Crippen molar-refractivity contribution >= 4 is 17.4 Å². The van der Waals surface area contributed by atoms with Crippen molar-refractivity contribution in [3.8, 4) is 6.07 Å². The van der Waals surface area contributed by atoms with Gasteiger partial charge in [-0.1, -0.05) is 0 Å². The van der Waals surface area contributed by atoms with Gasteiger partial charge in [-0.15, -0.1) is 0 Å². The fourth-order valence-electron chi connectivity index (χ4n) is 1.36. The second-order valence-corrected chi connectivity index (χ2v) is 4.31. The first-order chi connectivity index (χ1) is 7.20. The van der Waals surface area contributed by atoms with Gasteiger partial charge in [0.25, 0.3) is 0 Å². The minimum Gasteiger partial charge on any atom is -0.369 e. The van der Waals surface area contributed by atoms with E-state index < -0.39 is 0 Å². The molecule has 1 atom stereocenters. The van der Waals surface area contributed by atoms with Crippen molar-refractivity contribution in [2.75, 3.05) is 24.0 Å². The van der Waals surface area contributed by atoms with E-state index in [4.69, 9.17) is 5.26 Å². The van der Waals surface area contributed by atoms with Crippen molar-refractivity contribution in [1.29, 1.82) is 5.26 Å². The van der Waals surface area contributed by atoms with Crippen LogP contribution in [-0.4, -0.2) is 30.1 Å². The minimum absolute atomic E-state index is 0.399. The van der Waals surface area contributed by atoms with Crippen LogP contribution in [0.4, 0.5) is 5.69 Å². The molecular weight excluding hydrogens is 206 g/mol. The maximum absolute atomic E-state index is 8.93. The normalized spacial score (nSPS) is 11.9. The zero-order valence-electron chi connectivity index (χ0n) is 9.27. The van der Waals surface area contributed by atoms with Gasteiger partial charge in [0, 0.05) is 25.0 Å². The van der Waals surface area contributed by atoms with Gasteiger partial charge in [0.1, 0.15) is 6.07 Å². The third kappa shape index (κ3) is 2.87. The average molecular weight is 221 g/mol. The third-order valence-electron chi connectivity index (χ3n) is 2.34. The highest BCUT2D eigenvalue weighted by atomic mass is 32.2. The lowest BCUT2D eigenvalue weighted by Gasteiger charge is -2.26. The van der Waals surface area contributed by atoms with Crippen LogP contribution in [-0.2, 0) is 0 Å². The molecule has 0 amide bonds. The Bertz CT molecular complexity index is 359. The highest BCUT2D eigenvalue weighted by Gasteiger charge is 2.13. The maximum atomic E-state index is 8.93. The molecule has 0 aromatic carbocycles. The fourth-order valence-corrected chi connectivity index (χ4v) is 2.06. The standard InChI is InChI=1S/C11H15N3S/c1-9(8-15-3)14(2)11-5-4-6-13-10(11)7-12/h4-6,9H,8H2,1-3H3. The van der Waals surface area contributed by atoms with Crippen LogP contribution in [0.1, 0.15) is 12.6 Å². The van der Waals surface area contributed by atoms with Gasteiger partial charge in [0.2, 0.25) is 0 Å². The molecule has 3 nitrogen and oxygen atoms in total. The summed E-state index contributed by atoms with van der Waals surface area (Å²) in [7, 11) is 2.00. The second-order valence-electron chi connectivity index (χ2n) is 3.40. The van der Waals surface area contributed by atoms with Crippen LogP contribution in [0.25, 0.3) is 0 Å². The summed E-state index contributed by atoms with van der Waals surface area (Å²) in [5.74, 6) is 1.04. The van der Waals surface area contributed by atoms with E-state index in [0.29, 0.717) is 11.7 Å². The molecule has 0 N–H and O–H groups in total. The first-order valence-corrected chi connectivity index (χ1v) is 6.17. The fraction of sp³-hybridized carbons (Fsp3) is 0.455. The number of nitrogens with zero attached hydrogens (tertiary/aromatic N) is 3. The molecule has 1 unspecified atom stereocenters. The molecule has 0 saturated heterocycles. The van der Waals surface area contributed by atoms with Crippen LogP contribution in [0.5, 0.6) is 0 Å². The van der Waals surface area contributed by atoms with Crippen LogP contribution in [0.15, 0.2) is 18.3 Å². The molecule has 0 fully saturated rings. The van der Waals surface area contributed by atoms with E-state index in [9.17, 15) is 0 Å². The second kappa shape index (κ2) is 5.62. The lowest BCUT2D eigenvalue weighted by Crippen LogP contribution is -2.31. The highest BCUT2D eigenvalue weighted by molar-refractivity contribution is 7.98. The lowest BCUT2D eigenvalue weighted by molar-refractivity contribution is 0.762. The molecule has 4 heteroatoms. The number of anilines is 1. The summed E-state index contributed by atoms with van der Waals surface area (Å²) in [5, 5.41) is 8.93. The topological polar surface area (TPSA) is 39.9 Å². The van der Waals surface area contributed by atoms with E-state index >= 15 is 0 Å². The quantitative estimate of drug-likeness (QED) is 0.781. The summed E-state index contributed by atoms with van der Waals surface area (Å²) in [6.45, 7) is 2.14. The van der Waals surface area contributed by atoms with Crippen molar-refractivity contribution in [3.63, 3.8) is 0 Å². The maximum Gasteiger partial charge on any atom is 0.163 e. The van der Waals surface area contributed by atoms with E-state index in [1.165, 1.54) is 0 Å². The zero-order chi connectivity index (χ0) is 11.3. The molecule has 0 spiro atoms. The van der Waals surface area contributed by atoms with Gasteiger partial charge in [-0.3, -0.25) is 0 Å². The Hall–Kier alpha value is -1.21. The molecule has 0 saturated carbocycles. The van der Waals surface area contributed by atoms with E-state index in [2.05, 4.69) is 29.1 Å². The van der Waals surface area contributed by atoms with Gasteiger partial charge in [-0.2, -0.15) is 17.0 Å². The van der Waals surface area contributed by atoms with Crippen molar-refractivity contribution in [2.45, 2.75) is 13.0 Å². The van der Waals surface area contributed by atoms with E-state index in [0.717, 1.165) is 11.4 Å². The summed E-state index contributed by atoms with van der Waals surface area (Å²) >= 11 is 1.80. The molecule has 15 heavy (non-hydrogen) atoms. The molecule has 1 aromatic heterocycles. The molecule has 1 aromatic rings. The van der Waals surface area contributed by atoms with Crippen molar-refractivity contribution < 1.29 is 0 Å². The van der Waals surface area contributed by atoms with Crippen LogP contribution in [0.2, 0.25) is 0 Å². The first-order valence-electron chi connectivity index (χ1n) is 4.77. The monoisotopic (exact) mass is 221 g/mol. The zero-order valence-corrected chi connectivity index (χ0v) is 10.1. The van der Waals surface area contributed by atoms with Crippen LogP contribution in [0.3, 0.4) is 0 Å². The van der Waals surface area contributed by atoms with Gasteiger partial charge < -0.3 is 4.90 Å². The minimum atomic E-state index is 0.399. The number of nitriles is 1. The largest absolute Gasteiger partial charge is 0.369 e. The lowest BCUT2D eigenvalue weighted by atomic mass is 10.2. The van der Waals surface area contributed by atoms with Gasteiger partial charge in [-0.05, 0) is 25.3 Å². The predicted octanol–water partition coefficient (Wildman–Crippen LogP) is 2.14. The number of pyridine rings is 1. The number of thioether (sulfide) groups is 1. The molecule has 0 bridgehead atoms. The smallest absolute Gasteiger partial charge is 0.163 e. The SMILES string of the molecule is CSCC(C)N(C)c1cccnc1C#N. The van der Waals surface area contributed by atoms with Gasteiger partial charge in [0.05, 0.1) is 5.69 Å². The number of aromatic nitrogens is 1. The summed E-state index contributed by atoms with van der Waals surface area (Å²) in [6.07, 6.45) is 3.73. The Labute approximate surface area is 95.1 Å². The van der Waals surface area contributed by atoms with Gasteiger partial charge in [0.15, 0.2) is 5.69 Å². The summed E-state index contributed by atoms with van der Waals surface area (Å²) in [6, 6.07) is 6.31. The van der Waals surface area contributed by atoms with Gasteiger partial charge >= 0.3 is 0 Å². The van der Waals surface area contributed by atoms with E-state index in [-0.39, 0.29) is 0 Å². The Balaban J connectivity index is 2.91. The van der Waals surface area contributed by atoms with Crippen molar-refractivity contribution in [3.05, 3.63) is 24.0 Å². The molecule has 0 aliphatic heterocycles. The van der Waals surface area contributed by atoms with E-state index in [1.54, 1.807) is 18.0 Å². The van der Waals surface area contributed by atoms with Crippen LogP contribution >= 0.6 is 11.8 Å². The summed E-state index contributed by atoms with van der Waals surface area (Å²) in [4.78, 5) is 6.15. The number of hydrogen-bond acceptors (Lipinski definition) is 4. The highest BCUT2D eigenvalue weighted by Crippen LogP contribution is 2.19. The number of hydrogen-bond donors (Lipinski definition) is 0. The Morgan fingerprint density at radius 3 is 3.00 bits per heavy atom. The van der Waals surface area contributed by atoms with Crippen LogP contribution in [0, 0.1) is 11.3 Å². The van der Waals surface area contributed by atoms with Crippen molar-refractivity contribution in [1.82, 2.24) is 4.98 Å². The van der Waals surface area contributed by atoms with Crippen LogP contribution < -0.4 is 4.90 Å². The number of rotatable bonds is 4. The molecule has 0 aliphatic rings. The summed E-state index contributed by atoms with van der Waals surface area (Å²) in [5.41, 5.74) is 1.40.